The fourth-order valence-corrected chi connectivity index (χ4v) is 2.65. The maximum absolute atomic E-state index is 14.0. The summed E-state index contributed by atoms with van der Waals surface area (Å²) in [5.41, 5.74) is -0.0586. The van der Waals surface area contributed by atoms with Gasteiger partial charge in [0.1, 0.15) is 11.4 Å². The van der Waals surface area contributed by atoms with E-state index in [1.807, 2.05) is 0 Å². The van der Waals surface area contributed by atoms with Crippen molar-refractivity contribution in [3.63, 3.8) is 0 Å². The zero-order valence-corrected chi connectivity index (χ0v) is 10.6. The van der Waals surface area contributed by atoms with Crippen LogP contribution >= 0.6 is 15.9 Å². The molecule has 1 aliphatic carbocycles. The lowest BCUT2D eigenvalue weighted by molar-refractivity contribution is -0.140. The first-order chi connectivity index (χ1) is 8.16. The molecule has 3 nitrogen and oxygen atoms in total. The molecule has 1 fully saturated rings. The number of alkyl halides is 1. The van der Waals surface area contributed by atoms with Crippen molar-refractivity contribution < 1.29 is 13.9 Å². The normalized spacial score (nSPS) is 20.2. The highest BCUT2D eigenvalue weighted by atomic mass is 79.9. The lowest BCUT2D eigenvalue weighted by Crippen LogP contribution is -2.55. The van der Waals surface area contributed by atoms with Gasteiger partial charge >= 0.3 is 0 Å². The number of amides is 1. The van der Waals surface area contributed by atoms with Gasteiger partial charge in [0, 0.05) is 10.9 Å². The highest BCUT2D eigenvalue weighted by Crippen LogP contribution is 2.45. The minimum atomic E-state index is -0.741. The average Bonchev–Trinajstić information content (AvgIpc) is 2.28. The number of halogens is 2. The number of carbonyl (C=O) groups excluding carboxylic acids is 1. The second kappa shape index (κ2) is 3.70. The molecule has 1 saturated carbocycles. The quantitative estimate of drug-likeness (QED) is 0.810. The average molecular weight is 300 g/mol. The number of hydrogen-bond donors (Lipinski definition) is 1. The van der Waals surface area contributed by atoms with Crippen molar-refractivity contribution in [1.82, 2.24) is 0 Å². The number of carbonyl (C=O) groups is 1. The molecule has 1 aromatic carbocycles. The minimum absolute atomic E-state index is 0.171. The van der Waals surface area contributed by atoms with Gasteiger partial charge in [0.2, 0.25) is 0 Å². The van der Waals surface area contributed by atoms with Gasteiger partial charge in [-0.25, -0.2) is 4.39 Å². The van der Waals surface area contributed by atoms with Crippen LogP contribution in [-0.2, 0) is 10.1 Å². The summed E-state index contributed by atoms with van der Waals surface area (Å²) in [6.07, 6.45) is 2.39. The number of hydrogen-bond acceptors (Lipinski definition) is 2. The van der Waals surface area contributed by atoms with Crippen LogP contribution in [0.1, 0.15) is 24.8 Å². The molecule has 1 aromatic rings. The van der Waals surface area contributed by atoms with Crippen LogP contribution in [0.3, 0.4) is 0 Å². The molecule has 3 rings (SSSR count). The van der Waals surface area contributed by atoms with Gasteiger partial charge in [-0.3, -0.25) is 4.79 Å². The number of anilines is 1. The van der Waals surface area contributed by atoms with E-state index in [1.54, 1.807) is 12.1 Å². The van der Waals surface area contributed by atoms with Crippen molar-refractivity contribution in [3.8, 4) is 5.75 Å². The van der Waals surface area contributed by atoms with E-state index < -0.39 is 11.4 Å². The Hall–Kier alpha value is -1.10. The van der Waals surface area contributed by atoms with E-state index in [4.69, 9.17) is 4.74 Å². The van der Waals surface area contributed by atoms with Gasteiger partial charge in [0.25, 0.3) is 5.91 Å². The summed E-state index contributed by atoms with van der Waals surface area (Å²) in [7, 11) is 0. The van der Waals surface area contributed by atoms with Gasteiger partial charge in [-0.1, -0.05) is 22.0 Å². The first-order valence-electron chi connectivity index (χ1n) is 5.54. The Bertz CT molecular complexity index is 500. The van der Waals surface area contributed by atoms with Crippen LogP contribution in [0.15, 0.2) is 12.1 Å². The van der Waals surface area contributed by atoms with Crippen molar-refractivity contribution in [2.75, 3.05) is 5.32 Å². The number of nitrogens with one attached hydrogen (secondary N) is 1. The molecule has 1 spiro atoms. The maximum atomic E-state index is 14.0. The predicted molar refractivity (Wildman–Crippen MR) is 64.9 cm³/mol. The van der Waals surface area contributed by atoms with Crippen molar-refractivity contribution in [2.24, 2.45) is 0 Å². The van der Waals surface area contributed by atoms with Crippen LogP contribution in [-0.4, -0.2) is 11.5 Å². The Kier molecular flexibility index (Phi) is 2.40. The second-order valence-electron chi connectivity index (χ2n) is 4.45. The molecule has 90 valence electrons. The van der Waals surface area contributed by atoms with E-state index >= 15 is 0 Å². The minimum Gasteiger partial charge on any atom is -0.475 e. The van der Waals surface area contributed by atoms with Crippen LogP contribution < -0.4 is 10.1 Å². The van der Waals surface area contributed by atoms with E-state index in [-0.39, 0.29) is 11.6 Å². The summed E-state index contributed by atoms with van der Waals surface area (Å²) in [4.78, 5) is 11.9. The first kappa shape index (κ1) is 11.0. The van der Waals surface area contributed by atoms with Gasteiger partial charge in [0.05, 0.1) is 0 Å². The zero-order valence-electron chi connectivity index (χ0n) is 9.06. The topological polar surface area (TPSA) is 38.3 Å². The zero-order chi connectivity index (χ0) is 12.0. The number of benzene rings is 1. The van der Waals surface area contributed by atoms with Crippen LogP contribution in [0, 0.1) is 5.82 Å². The molecule has 0 radical (unpaired) electrons. The van der Waals surface area contributed by atoms with Gasteiger partial charge in [-0.05, 0) is 25.3 Å². The van der Waals surface area contributed by atoms with E-state index in [0.29, 0.717) is 29.5 Å². The molecule has 1 amide bonds. The summed E-state index contributed by atoms with van der Waals surface area (Å²) in [6, 6.07) is 3.39. The van der Waals surface area contributed by atoms with E-state index in [2.05, 4.69) is 21.2 Å². The number of fused-ring (bicyclic) bond motifs is 1. The third kappa shape index (κ3) is 1.48. The van der Waals surface area contributed by atoms with E-state index in [9.17, 15) is 9.18 Å². The fraction of sp³-hybridized carbons (Fsp3) is 0.417. The molecule has 1 aliphatic heterocycles. The molecule has 0 bridgehead atoms. The van der Waals surface area contributed by atoms with Crippen molar-refractivity contribution in [3.05, 3.63) is 23.5 Å². The highest BCUT2D eigenvalue weighted by molar-refractivity contribution is 9.08. The molecular formula is C12H11BrFNO2. The third-order valence-corrected chi connectivity index (χ3v) is 4.05. The van der Waals surface area contributed by atoms with Gasteiger partial charge in [0.15, 0.2) is 11.4 Å². The SMILES string of the molecule is O=C1Nc2c(ccc(CBr)c2F)OC12CCC2. The second-order valence-corrected chi connectivity index (χ2v) is 5.01. The largest absolute Gasteiger partial charge is 0.475 e. The Morgan fingerprint density at radius 1 is 1.47 bits per heavy atom. The lowest BCUT2D eigenvalue weighted by atomic mass is 9.78. The molecule has 0 saturated heterocycles. The van der Waals surface area contributed by atoms with Crippen molar-refractivity contribution >= 4 is 27.5 Å². The number of rotatable bonds is 1. The van der Waals surface area contributed by atoms with Gasteiger partial charge in [-0.2, -0.15) is 0 Å². The van der Waals surface area contributed by atoms with Crippen LogP contribution in [0.4, 0.5) is 10.1 Å². The van der Waals surface area contributed by atoms with Crippen molar-refractivity contribution in [2.45, 2.75) is 30.2 Å². The number of ether oxygens (including phenoxy) is 1. The Morgan fingerprint density at radius 3 is 2.82 bits per heavy atom. The molecule has 0 aromatic heterocycles. The Morgan fingerprint density at radius 2 is 2.24 bits per heavy atom. The maximum Gasteiger partial charge on any atom is 0.268 e. The first-order valence-corrected chi connectivity index (χ1v) is 6.66. The smallest absolute Gasteiger partial charge is 0.268 e. The molecule has 5 heteroatoms. The van der Waals surface area contributed by atoms with E-state index in [1.165, 1.54) is 0 Å². The standard InChI is InChI=1S/C12H11BrFNO2/c13-6-7-2-3-8-10(9(7)14)15-11(16)12(17-8)4-1-5-12/h2-3H,1,4-6H2,(H,15,16). The molecular weight excluding hydrogens is 289 g/mol. The molecule has 2 aliphatic rings. The monoisotopic (exact) mass is 299 g/mol. The van der Waals surface area contributed by atoms with Crippen LogP contribution in [0.2, 0.25) is 0 Å². The summed E-state index contributed by atoms with van der Waals surface area (Å²) < 4.78 is 19.7. The van der Waals surface area contributed by atoms with E-state index in [0.717, 1.165) is 6.42 Å². The summed E-state index contributed by atoms with van der Waals surface area (Å²) >= 11 is 3.21. The summed E-state index contributed by atoms with van der Waals surface area (Å²) in [5, 5.41) is 3.05. The lowest BCUT2D eigenvalue weighted by Gasteiger charge is -2.43. The Labute approximate surface area is 106 Å². The molecule has 0 unspecified atom stereocenters. The van der Waals surface area contributed by atoms with Crippen LogP contribution in [0.5, 0.6) is 5.75 Å². The van der Waals surface area contributed by atoms with Gasteiger partial charge < -0.3 is 10.1 Å². The van der Waals surface area contributed by atoms with Gasteiger partial charge in [-0.15, -0.1) is 0 Å². The van der Waals surface area contributed by atoms with Crippen LogP contribution in [0.25, 0.3) is 0 Å². The molecule has 1 heterocycles. The third-order valence-electron chi connectivity index (χ3n) is 3.45. The molecule has 17 heavy (non-hydrogen) atoms. The predicted octanol–water partition coefficient (Wildman–Crippen LogP) is 2.97. The Balaban J connectivity index is 2.05. The highest BCUT2D eigenvalue weighted by Gasteiger charge is 2.50. The summed E-state index contributed by atoms with van der Waals surface area (Å²) in [5.74, 6) is -0.199. The fourth-order valence-electron chi connectivity index (χ4n) is 2.22. The van der Waals surface area contributed by atoms with Crippen molar-refractivity contribution in [1.29, 1.82) is 0 Å². The molecule has 0 atom stereocenters. The molecule has 1 N–H and O–H groups in total. The summed E-state index contributed by atoms with van der Waals surface area (Å²) in [6.45, 7) is 0.